The number of rotatable bonds is 8. The van der Waals surface area contributed by atoms with E-state index < -0.39 is 0 Å². The first kappa shape index (κ1) is 15.2. The van der Waals surface area contributed by atoms with Crippen LogP contribution in [0.15, 0.2) is 15.9 Å². The van der Waals surface area contributed by atoms with Gasteiger partial charge >= 0.3 is 0 Å². The molecule has 2 nitrogen and oxygen atoms in total. The third-order valence-corrected chi connectivity index (χ3v) is 4.55. The molecule has 0 aliphatic heterocycles. The predicted molar refractivity (Wildman–Crippen MR) is 78.9 cm³/mol. The van der Waals surface area contributed by atoms with Crippen LogP contribution in [0.1, 0.15) is 31.6 Å². The number of nitrogens with one attached hydrogen (secondary N) is 1. The van der Waals surface area contributed by atoms with Crippen LogP contribution in [-0.4, -0.2) is 25.8 Å². The molecule has 0 radical (unpaired) electrons. The second-order valence-electron chi connectivity index (χ2n) is 4.16. The highest BCUT2D eigenvalue weighted by molar-refractivity contribution is 9.10. The molecule has 1 heterocycles. The van der Waals surface area contributed by atoms with E-state index in [9.17, 15) is 0 Å². The second kappa shape index (κ2) is 8.25. The van der Waals surface area contributed by atoms with Crippen LogP contribution in [-0.2, 0) is 11.2 Å². The van der Waals surface area contributed by atoms with E-state index >= 15 is 0 Å². The first-order valence-electron chi connectivity index (χ1n) is 6.20. The van der Waals surface area contributed by atoms with E-state index in [-0.39, 0.29) is 0 Å². The fourth-order valence-corrected chi connectivity index (χ4v) is 3.55. The van der Waals surface area contributed by atoms with Gasteiger partial charge in [0.05, 0.1) is 6.10 Å². The van der Waals surface area contributed by atoms with E-state index in [0.717, 1.165) is 25.8 Å². The SMILES string of the molecule is CCCC(OC)C(Cc1cc(Br)cs1)NCC. The Morgan fingerprint density at radius 2 is 2.24 bits per heavy atom. The number of ether oxygens (including phenoxy) is 1. The van der Waals surface area contributed by atoms with Gasteiger partial charge in [-0.3, -0.25) is 0 Å². The number of thiophene rings is 1. The molecule has 0 fully saturated rings. The first-order valence-corrected chi connectivity index (χ1v) is 7.87. The average molecular weight is 320 g/mol. The topological polar surface area (TPSA) is 21.3 Å². The molecule has 0 aromatic carbocycles. The van der Waals surface area contributed by atoms with Gasteiger partial charge in [0.2, 0.25) is 0 Å². The van der Waals surface area contributed by atoms with Crippen LogP contribution < -0.4 is 5.32 Å². The molecule has 1 aromatic heterocycles. The minimum absolute atomic E-state index is 0.306. The summed E-state index contributed by atoms with van der Waals surface area (Å²) in [5.74, 6) is 0. The number of hydrogen-bond acceptors (Lipinski definition) is 3. The monoisotopic (exact) mass is 319 g/mol. The molecule has 0 saturated carbocycles. The summed E-state index contributed by atoms with van der Waals surface area (Å²) < 4.78 is 6.79. The van der Waals surface area contributed by atoms with E-state index in [0.29, 0.717) is 12.1 Å². The summed E-state index contributed by atoms with van der Waals surface area (Å²) in [5, 5.41) is 5.68. The first-order chi connectivity index (χ1) is 8.21. The van der Waals surface area contributed by atoms with Crippen molar-refractivity contribution in [2.24, 2.45) is 0 Å². The molecule has 0 spiro atoms. The van der Waals surface area contributed by atoms with E-state index in [1.807, 2.05) is 18.4 Å². The van der Waals surface area contributed by atoms with E-state index in [1.165, 1.54) is 9.35 Å². The lowest BCUT2D eigenvalue weighted by Gasteiger charge is -2.26. The summed E-state index contributed by atoms with van der Waals surface area (Å²) in [7, 11) is 1.81. The quantitative estimate of drug-likeness (QED) is 0.786. The molecule has 98 valence electrons. The molecule has 0 aliphatic carbocycles. The van der Waals surface area contributed by atoms with Crippen molar-refractivity contribution in [1.82, 2.24) is 5.32 Å². The molecule has 4 heteroatoms. The normalized spacial score (nSPS) is 14.8. The van der Waals surface area contributed by atoms with Gasteiger partial charge in [-0.05, 0) is 41.4 Å². The van der Waals surface area contributed by atoms with Crippen LogP contribution in [0.3, 0.4) is 0 Å². The Balaban J connectivity index is 2.63. The van der Waals surface area contributed by atoms with Gasteiger partial charge in [0.1, 0.15) is 0 Å². The lowest BCUT2D eigenvalue weighted by Crippen LogP contribution is -2.42. The Morgan fingerprint density at radius 1 is 1.47 bits per heavy atom. The van der Waals surface area contributed by atoms with Crippen LogP contribution in [0.4, 0.5) is 0 Å². The van der Waals surface area contributed by atoms with Gasteiger partial charge in [0, 0.05) is 27.9 Å². The third kappa shape index (κ3) is 5.08. The van der Waals surface area contributed by atoms with Gasteiger partial charge < -0.3 is 10.1 Å². The summed E-state index contributed by atoms with van der Waals surface area (Å²) in [5.41, 5.74) is 0. The lowest BCUT2D eigenvalue weighted by molar-refractivity contribution is 0.0616. The van der Waals surface area contributed by atoms with Gasteiger partial charge in [0.15, 0.2) is 0 Å². The predicted octanol–water partition coefficient (Wildman–Crippen LogP) is 3.85. The lowest BCUT2D eigenvalue weighted by atomic mass is 10.0. The van der Waals surface area contributed by atoms with Crippen molar-refractivity contribution in [2.75, 3.05) is 13.7 Å². The van der Waals surface area contributed by atoms with E-state index in [2.05, 4.69) is 46.5 Å². The van der Waals surface area contributed by atoms with E-state index in [4.69, 9.17) is 4.74 Å². The van der Waals surface area contributed by atoms with Crippen molar-refractivity contribution >= 4 is 27.3 Å². The fraction of sp³-hybridized carbons (Fsp3) is 0.692. The van der Waals surface area contributed by atoms with Crippen molar-refractivity contribution < 1.29 is 4.74 Å². The fourth-order valence-electron chi connectivity index (χ4n) is 2.04. The molecule has 0 saturated heterocycles. The van der Waals surface area contributed by atoms with Gasteiger partial charge in [-0.2, -0.15) is 0 Å². The zero-order valence-electron chi connectivity index (χ0n) is 10.8. The standard InChI is InChI=1S/C13H22BrNOS/c1-4-6-13(16-3)12(15-5-2)8-11-7-10(14)9-17-11/h7,9,12-13,15H,4-6,8H2,1-3H3. The molecule has 0 amide bonds. The van der Waals surface area contributed by atoms with Crippen molar-refractivity contribution in [2.45, 2.75) is 45.3 Å². The summed E-state index contributed by atoms with van der Waals surface area (Å²) >= 11 is 5.31. The molecular weight excluding hydrogens is 298 g/mol. The van der Waals surface area contributed by atoms with Gasteiger partial charge in [-0.15, -0.1) is 11.3 Å². The highest BCUT2D eigenvalue weighted by Gasteiger charge is 2.20. The maximum absolute atomic E-state index is 5.61. The van der Waals surface area contributed by atoms with Crippen molar-refractivity contribution in [1.29, 1.82) is 0 Å². The number of hydrogen-bond donors (Lipinski definition) is 1. The molecule has 2 atom stereocenters. The Bertz CT molecular complexity index is 316. The molecule has 17 heavy (non-hydrogen) atoms. The Morgan fingerprint density at radius 3 is 2.71 bits per heavy atom. The van der Waals surface area contributed by atoms with Crippen LogP contribution in [0.5, 0.6) is 0 Å². The van der Waals surface area contributed by atoms with Gasteiger partial charge in [-0.25, -0.2) is 0 Å². The number of methoxy groups -OCH3 is 1. The molecule has 1 N–H and O–H groups in total. The van der Waals surface area contributed by atoms with Gasteiger partial charge in [-0.1, -0.05) is 20.3 Å². The molecule has 2 unspecified atom stereocenters. The van der Waals surface area contributed by atoms with Crippen molar-refractivity contribution in [3.05, 3.63) is 20.8 Å². The summed E-state index contributed by atoms with van der Waals surface area (Å²) in [6.45, 7) is 5.34. The smallest absolute Gasteiger partial charge is 0.0727 e. The molecule has 0 bridgehead atoms. The van der Waals surface area contributed by atoms with Crippen LogP contribution >= 0.6 is 27.3 Å². The molecule has 0 aliphatic rings. The highest BCUT2D eigenvalue weighted by atomic mass is 79.9. The van der Waals surface area contributed by atoms with Crippen LogP contribution in [0.2, 0.25) is 0 Å². The van der Waals surface area contributed by atoms with Crippen LogP contribution in [0, 0.1) is 0 Å². The molecule has 1 rings (SSSR count). The van der Waals surface area contributed by atoms with Crippen LogP contribution in [0.25, 0.3) is 0 Å². The second-order valence-corrected chi connectivity index (χ2v) is 6.07. The Kier molecular flexibility index (Phi) is 7.35. The number of halogens is 1. The zero-order valence-corrected chi connectivity index (χ0v) is 13.2. The minimum Gasteiger partial charge on any atom is -0.380 e. The third-order valence-electron chi connectivity index (χ3n) is 2.83. The minimum atomic E-state index is 0.306. The van der Waals surface area contributed by atoms with E-state index in [1.54, 1.807) is 0 Å². The maximum atomic E-state index is 5.61. The summed E-state index contributed by atoms with van der Waals surface area (Å²) in [6, 6.07) is 2.61. The largest absolute Gasteiger partial charge is 0.380 e. The number of likely N-dealkylation sites (N-methyl/N-ethyl adjacent to an activating group) is 1. The maximum Gasteiger partial charge on any atom is 0.0727 e. The van der Waals surface area contributed by atoms with Crippen molar-refractivity contribution in [3.63, 3.8) is 0 Å². The summed E-state index contributed by atoms with van der Waals surface area (Å²) in [4.78, 5) is 1.40. The van der Waals surface area contributed by atoms with Crippen molar-refractivity contribution in [3.8, 4) is 0 Å². The zero-order chi connectivity index (χ0) is 12.7. The summed E-state index contributed by atoms with van der Waals surface area (Å²) in [6.07, 6.45) is 3.62. The highest BCUT2D eigenvalue weighted by Crippen LogP contribution is 2.22. The average Bonchev–Trinajstić information content (AvgIpc) is 2.71. The Labute approximate surface area is 117 Å². The van der Waals surface area contributed by atoms with Gasteiger partial charge in [0.25, 0.3) is 0 Å². The molecular formula is C13H22BrNOS. The molecule has 1 aromatic rings. The Hall–Kier alpha value is 0.1000.